The molecular formula is C14H18N2O4. The number of hydrogen-bond donors (Lipinski definition) is 3. The number of β-amino-alcohol motifs (C(OH)–C–C–N with tert-alkyl or cyclic N) is 1. The van der Waals surface area contributed by atoms with E-state index < -0.39 is 12.1 Å². The molecule has 0 spiro atoms. The number of carbonyl (C=O) groups is 2. The van der Waals surface area contributed by atoms with E-state index in [4.69, 9.17) is 5.11 Å². The van der Waals surface area contributed by atoms with E-state index in [9.17, 15) is 14.7 Å². The number of hydrogen-bond acceptors (Lipinski definition) is 3. The summed E-state index contributed by atoms with van der Waals surface area (Å²) in [7, 11) is 0. The Morgan fingerprint density at radius 1 is 1.40 bits per heavy atom. The van der Waals surface area contributed by atoms with Crippen molar-refractivity contribution < 1.29 is 19.8 Å². The molecule has 2 amide bonds. The average molecular weight is 278 g/mol. The second-order valence-electron chi connectivity index (χ2n) is 5.01. The van der Waals surface area contributed by atoms with Crippen LogP contribution in [-0.4, -0.2) is 46.3 Å². The van der Waals surface area contributed by atoms with Crippen LogP contribution in [0.1, 0.15) is 28.8 Å². The van der Waals surface area contributed by atoms with Crippen molar-refractivity contribution in [3.63, 3.8) is 0 Å². The molecule has 0 aromatic heterocycles. The molecule has 2 rings (SSSR count). The fourth-order valence-electron chi connectivity index (χ4n) is 2.22. The summed E-state index contributed by atoms with van der Waals surface area (Å²) < 4.78 is 0. The van der Waals surface area contributed by atoms with Crippen LogP contribution < -0.4 is 5.32 Å². The van der Waals surface area contributed by atoms with Gasteiger partial charge in [0.2, 0.25) is 0 Å². The molecule has 0 radical (unpaired) electrons. The van der Waals surface area contributed by atoms with E-state index in [2.05, 4.69) is 5.32 Å². The van der Waals surface area contributed by atoms with Gasteiger partial charge in [0.25, 0.3) is 0 Å². The number of likely N-dealkylation sites (tertiary alicyclic amines) is 1. The van der Waals surface area contributed by atoms with E-state index in [0.29, 0.717) is 25.2 Å². The van der Waals surface area contributed by atoms with Gasteiger partial charge in [-0.2, -0.15) is 0 Å². The number of benzene rings is 1. The van der Waals surface area contributed by atoms with Gasteiger partial charge in [-0.05, 0) is 37.5 Å². The topological polar surface area (TPSA) is 89.9 Å². The summed E-state index contributed by atoms with van der Waals surface area (Å²) in [6, 6.07) is 4.28. The third-order valence-electron chi connectivity index (χ3n) is 3.41. The molecule has 0 saturated carbocycles. The zero-order chi connectivity index (χ0) is 14.7. The summed E-state index contributed by atoms with van der Waals surface area (Å²) in [5, 5.41) is 21.2. The van der Waals surface area contributed by atoms with Gasteiger partial charge in [0.1, 0.15) is 0 Å². The molecule has 0 aliphatic carbocycles. The lowest BCUT2D eigenvalue weighted by atomic mass is 10.1. The highest BCUT2D eigenvalue weighted by atomic mass is 16.4. The van der Waals surface area contributed by atoms with Crippen molar-refractivity contribution in [3.05, 3.63) is 29.3 Å². The maximum Gasteiger partial charge on any atom is 0.335 e. The van der Waals surface area contributed by atoms with Crippen LogP contribution in [0.5, 0.6) is 0 Å². The van der Waals surface area contributed by atoms with Crippen LogP contribution in [-0.2, 0) is 0 Å². The second-order valence-corrected chi connectivity index (χ2v) is 5.01. The lowest BCUT2D eigenvalue weighted by Gasteiger charge is -2.30. The number of carbonyl (C=O) groups excluding carboxylic acids is 1. The lowest BCUT2D eigenvalue weighted by Crippen LogP contribution is -2.44. The highest BCUT2D eigenvalue weighted by molar-refractivity contribution is 5.94. The molecule has 1 unspecified atom stereocenters. The quantitative estimate of drug-likeness (QED) is 0.767. The minimum Gasteiger partial charge on any atom is -0.478 e. The lowest BCUT2D eigenvalue weighted by molar-refractivity contribution is 0.0697. The Bertz CT molecular complexity index is 530. The Balaban J connectivity index is 2.10. The van der Waals surface area contributed by atoms with Crippen molar-refractivity contribution in [1.29, 1.82) is 0 Å². The number of aliphatic hydroxyl groups is 1. The summed E-state index contributed by atoms with van der Waals surface area (Å²) in [5.74, 6) is -1.03. The van der Waals surface area contributed by atoms with Crippen LogP contribution in [0.2, 0.25) is 0 Å². The van der Waals surface area contributed by atoms with E-state index in [-0.39, 0.29) is 11.6 Å². The number of aryl methyl sites for hydroxylation is 1. The number of aliphatic hydroxyl groups excluding tert-OH is 1. The third kappa shape index (κ3) is 3.27. The number of rotatable bonds is 2. The molecule has 0 bridgehead atoms. The molecule has 108 valence electrons. The molecule has 1 atom stereocenters. The number of nitrogens with one attached hydrogen (secondary N) is 1. The molecule has 1 aliphatic heterocycles. The van der Waals surface area contributed by atoms with Crippen molar-refractivity contribution in [3.8, 4) is 0 Å². The largest absolute Gasteiger partial charge is 0.478 e. The molecule has 1 aromatic rings. The van der Waals surface area contributed by atoms with Crippen LogP contribution >= 0.6 is 0 Å². The van der Waals surface area contributed by atoms with E-state index in [0.717, 1.165) is 12.0 Å². The van der Waals surface area contributed by atoms with Crippen molar-refractivity contribution in [2.24, 2.45) is 0 Å². The number of piperidine rings is 1. The third-order valence-corrected chi connectivity index (χ3v) is 3.41. The van der Waals surface area contributed by atoms with E-state index in [1.165, 1.54) is 12.1 Å². The van der Waals surface area contributed by atoms with Gasteiger partial charge in [0.05, 0.1) is 11.7 Å². The van der Waals surface area contributed by atoms with Crippen LogP contribution in [0.25, 0.3) is 0 Å². The molecule has 1 aliphatic rings. The number of urea groups is 1. The minimum absolute atomic E-state index is 0.129. The van der Waals surface area contributed by atoms with Crippen molar-refractivity contribution >= 4 is 17.7 Å². The van der Waals surface area contributed by atoms with Gasteiger partial charge in [0.15, 0.2) is 0 Å². The summed E-state index contributed by atoms with van der Waals surface area (Å²) in [4.78, 5) is 24.6. The molecule has 1 heterocycles. The summed E-state index contributed by atoms with van der Waals surface area (Å²) in [6.07, 6.45) is 0.987. The monoisotopic (exact) mass is 278 g/mol. The molecule has 1 saturated heterocycles. The first kappa shape index (κ1) is 14.3. The Kier molecular flexibility index (Phi) is 4.24. The zero-order valence-corrected chi connectivity index (χ0v) is 11.3. The van der Waals surface area contributed by atoms with Crippen LogP contribution in [0, 0.1) is 6.92 Å². The number of carboxylic acids is 1. The summed E-state index contributed by atoms with van der Waals surface area (Å²) in [5.41, 5.74) is 1.40. The van der Waals surface area contributed by atoms with Crippen LogP contribution in [0.4, 0.5) is 10.5 Å². The molecule has 1 fully saturated rings. The molecular weight excluding hydrogens is 260 g/mol. The summed E-state index contributed by atoms with van der Waals surface area (Å²) >= 11 is 0. The predicted octanol–water partition coefficient (Wildman–Crippen LogP) is 1.68. The fourth-order valence-corrected chi connectivity index (χ4v) is 2.22. The van der Waals surface area contributed by atoms with Gasteiger partial charge in [-0.15, -0.1) is 0 Å². The number of carboxylic acid groups (broad SMARTS) is 1. The second kappa shape index (κ2) is 5.92. The fraction of sp³-hybridized carbons (Fsp3) is 0.429. The molecule has 3 N–H and O–H groups in total. The predicted molar refractivity (Wildman–Crippen MR) is 74.0 cm³/mol. The van der Waals surface area contributed by atoms with Gasteiger partial charge in [-0.1, -0.05) is 6.07 Å². The SMILES string of the molecule is Cc1ccc(C(=O)O)cc1NC(=O)N1CCCC(O)C1. The Morgan fingerprint density at radius 2 is 2.15 bits per heavy atom. The Hall–Kier alpha value is -2.08. The minimum atomic E-state index is -1.03. The Morgan fingerprint density at radius 3 is 2.80 bits per heavy atom. The zero-order valence-electron chi connectivity index (χ0n) is 11.3. The van der Waals surface area contributed by atoms with E-state index in [1.54, 1.807) is 17.9 Å². The standard InChI is InChI=1S/C14H18N2O4/c1-9-4-5-10(13(18)19)7-12(9)15-14(20)16-6-2-3-11(17)8-16/h4-5,7,11,17H,2-3,6,8H2,1H3,(H,15,20)(H,18,19). The van der Waals surface area contributed by atoms with Crippen molar-refractivity contribution in [1.82, 2.24) is 4.90 Å². The van der Waals surface area contributed by atoms with E-state index >= 15 is 0 Å². The van der Waals surface area contributed by atoms with Crippen LogP contribution in [0.3, 0.4) is 0 Å². The first-order chi connectivity index (χ1) is 9.47. The first-order valence-corrected chi connectivity index (χ1v) is 6.55. The van der Waals surface area contributed by atoms with Crippen molar-refractivity contribution in [2.75, 3.05) is 18.4 Å². The molecule has 1 aromatic carbocycles. The van der Waals surface area contributed by atoms with Gasteiger partial charge in [0, 0.05) is 18.8 Å². The van der Waals surface area contributed by atoms with Crippen molar-refractivity contribution in [2.45, 2.75) is 25.9 Å². The van der Waals surface area contributed by atoms with Gasteiger partial charge < -0.3 is 20.4 Å². The average Bonchev–Trinajstić information content (AvgIpc) is 2.41. The molecule has 6 nitrogen and oxygen atoms in total. The summed E-state index contributed by atoms with van der Waals surface area (Å²) in [6.45, 7) is 2.70. The van der Waals surface area contributed by atoms with E-state index in [1.807, 2.05) is 0 Å². The number of nitrogens with zero attached hydrogens (tertiary/aromatic N) is 1. The van der Waals surface area contributed by atoms with Crippen LogP contribution in [0.15, 0.2) is 18.2 Å². The first-order valence-electron chi connectivity index (χ1n) is 6.55. The normalized spacial score (nSPS) is 18.7. The Labute approximate surface area is 117 Å². The maximum atomic E-state index is 12.1. The number of amides is 2. The van der Waals surface area contributed by atoms with Gasteiger partial charge in [-0.25, -0.2) is 9.59 Å². The smallest absolute Gasteiger partial charge is 0.335 e. The molecule has 20 heavy (non-hydrogen) atoms. The number of anilines is 1. The van der Waals surface area contributed by atoms with Gasteiger partial charge in [-0.3, -0.25) is 0 Å². The molecule has 6 heteroatoms. The highest BCUT2D eigenvalue weighted by Gasteiger charge is 2.22. The maximum absolute atomic E-state index is 12.1. The highest BCUT2D eigenvalue weighted by Crippen LogP contribution is 2.19. The number of aromatic carboxylic acids is 1. The van der Waals surface area contributed by atoms with Gasteiger partial charge >= 0.3 is 12.0 Å².